The highest BCUT2D eigenvalue weighted by atomic mass is 16.4. The predicted molar refractivity (Wildman–Crippen MR) is 55.5 cm³/mol. The van der Waals surface area contributed by atoms with E-state index in [-0.39, 0.29) is 0 Å². The van der Waals surface area contributed by atoms with Crippen LogP contribution in [0.4, 0.5) is 0 Å². The van der Waals surface area contributed by atoms with Gasteiger partial charge in [0, 0.05) is 6.54 Å². The molecule has 0 unspecified atom stereocenters. The van der Waals surface area contributed by atoms with E-state index in [0.717, 1.165) is 12.1 Å². The Morgan fingerprint density at radius 2 is 2.07 bits per heavy atom. The molecule has 3 heteroatoms. The van der Waals surface area contributed by atoms with Crippen LogP contribution in [0.15, 0.2) is 18.2 Å². The van der Waals surface area contributed by atoms with Crippen LogP contribution in [0.1, 0.15) is 21.5 Å². The molecule has 0 aromatic heterocycles. The summed E-state index contributed by atoms with van der Waals surface area (Å²) in [6.45, 7) is 2.77. The second kappa shape index (κ2) is 4.24. The summed E-state index contributed by atoms with van der Waals surface area (Å²) in [6, 6.07) is 5.23. The molecule has 14 heavy (non-hydrogen) atoms. The largest absolute Gasteiger partial charge is 0.478 e. The van der Waals surface area contributed by atoms with Gasteiger partial charge in [-0.25, -0.2) is 4.79 Å². The van der Waals surface area contributed by atoms with E-state index in [4.69, 9.17) is 5.11 Å². The smallest absolute Gasteiger partial charge is 0.335 e. The van der Waals surface area contributed by atoms with Gasteiger partial charge >= 0.3 is 5.97 Å². The number of hydrogen-bond donors (Lipinski definition) is 1. The predicted octanol–water partition coefficient (Wildman–Crippen LogP) is 1.75. The van der Waals surface area contributed by atoms with Crippen molar-refractivity contribution in [3.63, 3.8) is 0 Å². The van der Waals surface area contributed by atoms with Gasteiger partial charge in [-0.2, -0.15) is 0 Å². The summed E-state index contributed by atoms with van der Waals surface area (Å²) in [5.41, 5.74) is 2.55. The van der Waals surface area contributed by atoms with E-state index < -0.39 is 5.97 Å². The lowest BCUT2D eigenvalue weighted by Gasteiger charge is -2.12. The van der Waals surface area contributed by atoms with E-state index in [1.165, 1.54) is 5.56 Å². The van der Waals surface area contributed by atoms with Gasteiger partial charge < -0.3 is 10.0 Å². The van der Waals surface area contributed by atoms with Crippen LogP contribution in [-0.2, 0) is 6.54 Å². The maximum atomic E-state index is 10.7. The molecule has 0 fully saturated rings. The zero-order chi connectivity index (χ0) is 10.7. The van der Waals surface area contributed by atoms with Crippen LogP contribution in [0, 0.1) is 6.92 Å². The molecule has 0 spiro atoms. The monoisotopic (exact) mass is 193 g/mol. The average molecular weight is 193 g/mol. The van der Waals surface area contributed by atoms with Crippen LogP contribution < -0.4 is 0 Å². The van der Waals surface area contributed by atoms with Crippen LogP contribution in [0.2, 0.25) is 0 Å². The molecule has 0 radical (unpaired) electrons. The van der Waals surface area contributed by atoms with Crippen molar-refractivity contribution >= 4 is 5.97 Å². The van der Waals surface area contributed by atoms with E-state index in [0.29, 0.717) is 5.56 Å². The van der Waals surface area contributed by atoms with Crippen molar-refractivity contribution in [1.82, 2.24) is 4.90 Å². The van der Waals surface area contributed by atoms with Crippen LogP contribution >= 0.6 is 0 Å². The summed E-state index contributed by atoms with van der Waals surface area (Å²) in [4.78, 5) is 12.7. The Labute approximate surface area is 84.0 Å². The number of aromatic carboxylic acids is 1. The summed E-state index contributed by atoms with van der Waals surface area (Å²) in [5.74, 6) is -0.871. The molecule has 0 aliphatic rings. The number of carboxylic acids is 1. The highest BCUT2D eigenvalue weighted by Gasteiger charge is 2.05. The molecule has 1 aromatic carbocycles. The van der Waals surface area contributed by atoms with Crippen LogP contribution in [0.3, 0.4) is 0 Å². The number of rotatable bonds is 3. The van der Waals surface area contributed by atoms with Crippen molar-refractivity contribution in [2.24, 2.45) is 0 Å². The number of carboxylic acid groups (broad SMARTS) is 1. The zero-order valence-corrected chi connectivity index (χ0v) is 8.74. The van der Waals surface area contributed by atoms with Gasteiger partial charge in [0.05, 0.1) is 5.56 Å². The minimum absolute atomic E-state index is 0.352. The Hall–Kier alpha value is -1.35. The summed E-state index contributed by atoms with van der Waals surface area (Å²) >= 11 is 0. The molecule has 0 amide bonds. The van der Waals surface area contributed by atoms with Gasteiger partial charge in [-0.1, -0.05) is 6.07 Å². The molecular weight excluding hydrogens is 178 g/mol. The third-order valence-corrected chi connectivity index (χ3v) is 2.08. The lowest BCUT2D eigenvalue weighted by atomic mass is 10.0. The number of benzene rings is 1. The van der Waals surface area contributed by atoms with Crippen molar-refractivity contribution in [2.45, 2.75) is 13.5 Å². The SMILES string of the molecule is Cc1cc(C(=O)O)ccc1CN(C)C. The second-order valence-corrected chi connectivity index (χ2v) is 3.68. The quantitative estimate of drug-likeness (QED) is 0.795. The first-order valence-corrected chi connectivity index (χ1v) is 4.48. The lowest BCUT2D eigenvalue weighted by Crippen LogP contribution is -2.12. The third-order valence-electron chi connectivity index (χ3n) is 2.08. The standard InChI is InChI=1S/C11H15NO2/c1-8-6-9(11(13)14)4-5-10(8)7-12(2)3/h4-6H,7H2,1-3H3,(H,13,14). The van der Waals surface area contributed by atoms with Crippen molar-refractivity contribution in [1.29, 1.82) is 0 Å². The Morgan fingerprint density at radius 1 is 1.43 bits per heavy atom. The highest BCUT2D eigenvalue weighted by molar-refractivity contribution is 5.87. The minimum atomic E-state index is -0.871. The van der Waals surface area contributed by atoms with Gasteiger partial charge in [0.1, 0.15) is 0 Å². The van der Waals surface area contributed by atoms with E-state index in [9.17, 15) is 4.79 Å². The summed E-state index contributed by atoms with van der Waals surface area (Å²) < 4.78 is 0. The molecule has 0 heterocycles. The van der Waals surface area contributed by atoms with Gasteiger partial charge in [-0.05, 0) is 44.3 Å². The first-order valence-electron chi connectivity index (χ1n) is 4.48. The van der Waals surface area contributed by atoms with Crippen molar-refractivity contribution < 1.29 is 9.90 Å². The summed E-state index contributed by atoms with van der Waals surface area (Å²) in [6.07, 6.45) is 0. The number of nitrogens with zero attached hydrogens (tertiary/aromatic N) is 1. The molecule has 3 nitrogen and oxygen atoms in total. The van der Waals surface area contributed by atoms with Gasteiger partial charge in [0.2, 0.25) is 0 Å². The Kier molecular flexibility index (Phi) is 3.25. The summed E-state index contributed by atoms with van der Waals surface area (Å²) in [5, 5.41) is 8.77. The zero-order valence-electron chi connectivity index (χ0n) is 8.74. The second-order valence-electron chi connectivity index (χ2n) is 3.68. The van der Waals surface area contributed by atoms with Gasteiger partial charge in [0.25, 0.3) is 0 Å². The van der Waals surface area contributed by atoms with Gasteiger partial charge in [-0.3, -0.25) is 0 Å². The Morgan fingerprint density at radius 3 is 2.50 bits per heavy atom. The van der Waals surface area contributed by atoms with Crippen molar-refractivity contribution in [2.75, 3.05) is 14.1 Å². The molecular formula is C11H15NO2. The number of aryl methyl sites for hydroxylation is 1. The molecule has 0 saturated heterocycles. The number of hydrogen-bond acceptors (Lipinski definition) is 2. The molecule has 76 valence electrons. The van der Waals surface area contributed by atoms with Crippen molar-refractivity contribution in [3.8, 4) is 0 Å². The van der Waals surface area contributed by atoms with Crippen molar-refractivity contribution in [3.05, 3.63) is 34.9 Å². The molecule has 0 saturated carbocycles. The van der Waals surface area contributed by atoms with Crippen LogP contribution in [0.25, 0.3) is 0 Å². The number of carbonyl (C=O) groups is 1. The maximum Gasteiger partial charge on any atom is 0.335 e. The fraction of sp³-hybridized carbons (Fsp3) is 0.364. The molecule has 0 aliphatic heterocycles. The fourth-order valence-corrected chi connectivity index (χ4v) is 1.35. The lowest BCUT2D eigenvalue weighted by molar-refractivity contribution is 0.0697. The molecule has 1 aromatic rings. The molecule has 1 N–H and O–H groups in total. The van der Waals surface area contributed by atoms with E-state index in [1.54, 1.807) is 12.1 Å². The highest BCUT2D eigenvalue weighted by Crippen LogP contribution is 2.12. The first kappa shape index (κ1) is 10.7. The van der Waals surface area contributed by atoms with E-state index >= 15 is 0 Å². The fourth-order valence-electron chi connectivity index (χ4n) is 1.35. The average Bonchev–Trinajstić information content (AvgIpc) is 2.07. The first-order chi connectivity index (χ1) is 6.50. The molecule has 0 bridgehead atoms. The minimum Gasteiger partial charge on any atom is -0.478 e. The van der Waals surface area contributed by atoms with Gasteiger partial charge in [0.15, 0.2) is 0 Å². The maximum absolute atomic E-state index is 10.7. The third kappa shape index (κ3) is 2.57. The molecule has 1 rings (SSSR count). The normalized spacial score (nSPS) is 10.6. The summed E-state index contributed by atoms with van der Waals surface area (Å²) in [7, 11) is 3.98. The molecule has 0 aliphatic carbocycles. The van der Waals surface area contributed by atoms with E-state index in [2.05, 4.69) is 4.90 Å². The topological polar surface area (TPSA) is 40.5 Å². The van der Waals surface area contributed by atoms with Crippen LogP contribution in [0.5, 0.6) is 0 Å². The van der Waals surface area contributed by atoms with Gasteiger partial charge in [-0.15, -0.1) is 0 Å². The Bertz CT molecular complexity index is 345. The Balaban J connectivity index is 2.95. The van der Waals surface area contributed by atoms with E-state index in [1.807, 2.05) is 27.1 Å². The van der Waals surface area contributed by atoms with Crippen LogP contribution in [-0.4, -0.2) is 30.1 Å². The molecule has 0 atom stereocenters.